The highest BCUT2D eigenvalue weighted by atomic mass is 19.1. The molecule has 3 aromatic rings. The maximum absolute atomic E-state index is 13.8. The molecule has 1 saturated carbocycles. The van der Waals surface area contributed by atoms with Crippen LogP contribution in [0.15, 0.2) is 54.7 Å². The number of hydrogen-bond acceptors (Lipinski definition) is 3. The van der Waals surface area contributed by atoms with Gasteiger partial charge < -0.3 is 10.0 Å². The highest BCUT2D eigenvalue weighted by molar-refractivity contribution is 5.63. The maximum atomic E-state index is 13.8. The van der Waals surface area contributed by atoms with Crippen LogP contribution in [0.2, 0.25) is 0 Å². The van der Waals surface area contributed by atoms with Gasteiger partial charge in [-0.15, -0.1) is 0 Å². The smallest absolute Gasteiger partial charge is 0.123 e. The molecule has 4 nitrogen and oxygen atoms in total. The molecule has 2 aromatic carbocycles. The van der Waals surface area contributed by atoms with E-state index in [-0.39, 0.29) is 17.8 Å². The summed E-state index contributed by atoms with van der Waals surface area (Å²) in [6.07, 6.45) is 4.18. The van der Waals surface area contributed by atoms with Gasteiger partial charge in [-0.1, -0.05) is 24.3 Å². The van der Waals surface area contributed by atoms with E-state index in [1.165, 1.54) is 12.1 Å². The van der Waals surface area contributed by atoms with Crippen LogP contribution in [0, 0.1) is 18.2 Å². The summed E-state index contributed by atoms with van der Waals surface area (Å²) in [5, 5.41) is 14.4. The molecule has 0 atom stereocenters. The first-order valence-electron chi connectivity index (χ1n) is 9.69. The summed E-state index contributed by atoms with van der Waals surface area (Å²) >= 11 is 0. The lowest BCUT2D eigenvalue weighted by Crippen LogP contribution is -2.28. The third-order valence-corrected chi connectivity index (χ3v) is 5.49. The minimum atomic E-state index is -0.265. The van der Waals surface area contributed by atoms with E-state index in [4.69, 9.17) is 5.10 Å². The van der Waals surface area contributed by atoms with Crippen molar-refractivity contribution in [1.29, 1.82) is 0 Å². The Balaban J connectivity index is 1.68. The number of aromatic nitrogens is 2. The van der Waals surface area contributed by atoms with E-state index in [9.17, 15) is 9.50 Å². The van der Waals surface area contributed by atoms with Gasteiger partial charge in [0.25, 0.3) is 0 Å². The van der Waals surface area contributed by atoms with Crippen LogP contribution in [-0.2, 0) is 6.54 Å². The molecule has 4 rings (SSSR count). The quantitative estimate of drug-likeness (QED) is 0.669. The first-order chi connectivity index (χ1) is 13.5. The molecule has 0 bridgehead atoms. The van der Waals surface area contributed by atoms with Crippen LogP contribution in [0.5, 0.6) is 0 Å². The third-order valence-electron chi connectivity index (χ3n) is 5.49. The first kappa shape index (κ1) is 18.8. The van der Waals surface area contributed by atoms with Crippen molar-refractivity contribution >= 4 is 0 Å². The molecule has 146 valence electrons. The van der Waals surface area contributed by atoms with Crippen LogP contribution in [-0.4, -0.2) is 40.0 Å². The van der Waals surface area contributed by atoms with E-state index in [0.717, 1.165) is 47.5 Å². The molecule has 1 aromatic heterocycles. The lowest BCUT2D eigenvalue weighted by molar-refractivity contribution is 0.161. The largest absolute Gasteiger partial charge is 0.396 e. The fraction of sp³-hybridized carbons (Fsp3) is 0.348. The standard InChI is InChI=1S/C23H26FN3O/c1-17-5-3-8-21(11-17)27-14-19(13-26(2)15-23(16-28)9-10-23)22(25-27)18-6-4-7-20(24)12-18/h3-8,11-12,14,28H,9-10,13,15-16H2,1-2H3. The Hall–Kier alpha value is -2.50. The summed E-state index contributed by atoms with van der Waals surface area (Å²) in [6.45, 7) is 3.83. The predicted molar refractivity (Wildman–Crippen MR) is 109 cm³/mol. The number of aryl methyl sites for hydroxylation is 1. The molecule has 0 amide bonds. The summed E-state index contributed by atoms with van der Waals surface area (Å²) in [6, 6.07) is 14.8. The predicted octanol–water partition coefficient (Wildman–Crippen LogP) is 4.19. The molecular weight excluding hydrogens is 353 g/mol. The summed E-state index contributed by atoms with van der Waals surface area (Å²) < 4.78 is 15.7. The number of nitrogens with zero attached hydrogens (tertiary/aromatic N) is 3. The number of hydrogen-bond donors (Lipinski definition) is 1. The SMILES string of the molecule is Cc1cccc(-n2cc(CN(C)CC3(CO)CC3)c(-c3cccc(F)c3)n2)c1. The summed E-state index contributed by atoms with van der Waals surface area (Å²) in [5.41, 5.74) is 4.82. The minimum absolute atomic E-state index is 0.0559. The van der Waals surface area contributed by atoms with Gasteiger partial charge in [-0.05, 0) is 56.6 Å². The van der Waals surface area contributed by atoms with Gasteiger partial charge in [0.2, 0.25) is 0 Å². The number of benzene rings is 2. The van der Waals surface area contributed by atoms with Crippen molar-refractivity contribution in [2.24, 2.45) is 5.41 Å². The van der Waals surface area contributed by atoms with Gasteiger partial charge in [-0.25, -0.2) is 9.07 Å². The minimum Gasteiger partial charge on any atom is -0.396 e. The van der Waals surface area contributed by atoms with Crippen LogP contribution in [0.25, 0.3) is 16.9 Å². The highest BCUT2D eigenvalue weighted by Gasteiger charge is 2.42. The van der Waals surface area contributed by atoms with Crippen molar-refractivity contribution in [3.8, 4) is 16.9 Å². The zero-order chi connectivity index (χ0) is 19.7. The van der Waals surface area contributed by atoms with Gasteiger partial charge in [-0.2, -0.15) is 5.10 Å². The molecule has 28 heavy (non-hydrogen) atoms. The Morgan fingerprint density at radius 1 is 1.18 bits per heavy atom. The first-order valence-corrected chi connectivity index (χ1v) is 9.69. The molecular formula is C23H26FN3O. The van der Waals surface area contributed by atoms with E-state index in [2.05, 4.69) is 31.0 Å². The van der Waals surface area contributed by atoms with Crippen molar-refractivity contribution < 1.29 is 9.50 Å². The maximum Gasteiger partial charge on any atom is 0.123 e. The Morgan fingerprint density at radius 2 is 1.96 bits per heavy atom. The van der Waals surface area contributed by atoms with Crippen LogP contribution in [0.3, 0.4) is 0 Å². The second-order valence-corrected chi connectivity index (χ2v) is 8.13. The Morgan fingerprint density at radius 3 is 2.64 bits per heavy atom. The molecule has 5 heteroatoms. The van der Waals surface area contributed by atoms with Crippen molar-refractivity contribution in [2.45, 2.75) is 26.3 Å². The average Bonchev–Trinajstić information content (AvgIpc) is 3.31. The van der Waals surface area contributed by atoms with E-state index in [1.54, 1.807) is 6.07 Å². The van der Waals surface area contributed by atoms with Gasteiger partial charge in [-0.3, -0.25) is 0 Å². The number of aliphatic hydroxyl groups is 1. The Labute approximate surface area is 165 Å². The van der Waals surface area contributed by atoms with Gasteiger partial charge in [0.05, 0.1) is 11.4 Å². The van der Waals surface area contributed by atoms with Crippen LogP contribution in [0.1, 0.15) is 24.0 Å². The summed E-state index contributed by atoms with van der Waals surface area (Å²) in [7, 11) is 2.06. The molecule has 0 radical (unpaired) electrons. The zero-order valence-corrected chi connectivity index (χ0v) is 16.4. The van der Waals surface area contributed by atoms with E-state index in [1.807, 2.05) is 29.1 Å². The summed E-state index contributed by atoms with van der Waals surface area (Å²) in [4.78, 5) is 2.23. The highest BCUT2D eigenvalue weighted by Crippen LogP contribution is 2.45. The molecule has 1 aliphatic carbocycles. The monoisotopic (exact) mass is 379 g/mol. The van der Waals surface area contributed by atoms with Gasteiger partial charge in [0.1, 0.15) is 5.82 Å². The van der Waals surface area contributed by atoms with Crippen molar-refractivity contribution in [2.75, 3.05) is 20.2 Å². The van der Waals surface area contributed by atoms with E-state index in [0.29, 0.717) is 6.54 Å². The second-order valence-electron chi connectivity index (χ2n) is 8.13. The van der Waals surface area contributed by atoms with Crippen molar-refractivity contribution in [1.82, 2.24) is 14.7 Å². The lowest BCUT2D eigenvalue weighted by Gasteiger charge is -2.22. The van der Waals surface area contributed by atoms with E-state index < -0.39 is 0 Å². The molecule has 0 saturated heterocycles. The molecule has 1 aliphatic rings. The molecule has 1 N–H and O–H groups in total. The Kier molecular flexibility index (Phi) is 5.04. The van der Waals surface area contributed by atoms with Gasteiger partial charge in [0, 0.05) is 42.4 Å². The number of aliphatic hydroxyl groups excluding tert-OH is 1. The second kappa shape index (κ2) is 7.49. The van der Waals surface area contributed by atoms with Gasteiger partial charge in [0.15, 0.2) is 0 Å². The van der Waals surface area contributed by atoms with E-state index >= 15 is 0 Å². The fourth-order valence-corrected chi connectivity index (χ4v) is 3.77. The summed E-state index contributed by atoms with van der Waals surface area (Å²) in [5.74, 6) is -0.265. The zero-order valence-electron chi connectivity index (χ0n) is 16.4. The average molecular weight is 379 g/mol. The number of rotatable bonds is 7. The molecule has 0 spiro atoms. The topological polar surface area (TPSA) is 41.3 Å². The van der Waals surface area contributed by atoms with Crippen LogP contribution >= 0.6 is 0 Å². The molecule has 1 fully saturated rings. The fourth-order valence-electron chi connectivity index (χ4n) is 3.77. The lowest BCUT2D eigenvalue weighted by atomic mass is 10.1. The van der Waals surface area contributed by atoms with Crippen molar-refractivity contribution in [3.63, 3.8) is 0 Å². The Bertz CT molecular complexity index is 977. The normalized spacial score (nSPS) is 15.2. The van der Waals surface area contributed by atoms with Crippen LogP contribution in [0.4, 0.5) is 4.39 Å². The molecule has 0 aliphatic heterocycles. The third kappa shape index (κ3) is 4.01. The number of halogens is 1. The van der Waals surface area contributed by atoms with Gasteiger partial charge >= 0.3 is 0 Å². The molecule has 0 unspecified atom stereocenters. The van der Waals surface area contributed by atoms with Crippen LogP contribution < -0.4 is 0 Å². The molecule has 1 heterocycles. The van der Waals surface area contributed by atoms with Crippen molar-refractivity contribution in [3.05, 3.63) is 71.7 Å².